The monoisotopic (exact) mass is 273 g/mol. The second kappa shape index (κ2) is 7.08. The number of halogens is 1. The summed E-state index contributed by atoms with van der Waals surface area (Å²) in [5.41, 5.74) is 1.77. The van der Waals surface area contributed by atoms with E-state index in [2.05, 4.69) is 11.2 Å². The van der Waals surface area contributed by atoms with Crippen molar-refractivity contribution in [2.24, 2.45) is 0 Å². The topological polar surface area (TPSA) is 12.0 Å². The van der Waals surface area contributed by atoms with Crippen LogP contribution in [-0.2, 0) is 6.54 Å². The van der Waals surface area contributed by atoms with E-state index in [9.17, 15) is 4.39 Å². The number of thiophene rings is 1. The molecule has 0 saturated carbocycles. The van der Waals surface area contributed by atoms with Gasteiger partial charge in [-0.3, -0.25) is 0 Å². The molecule has 2 rings (SSSR count). The first kappa shape index (κ1) is 13.8. The molecule has 0 aliphatic carbocycles. The Hall–Kier alpha value is -1.63. The summed E-state index contributed by atoms with van der Waals surface area (Å²) >= 11 is 1.55. The van der Waals surface area contributed by atoms with Crippen molar-refractivity contribution in [1.29, 1.82) is 0 Å². The number of benzene rings is 1. The smallest absolute Gasteiger partial charge is 0.131 e. The van der Waals surface area contributed by atoms with Gasteiger partial charge >= 0.3 is 0 Å². The summed E-state index contributed by atoms with van der Waals surface area (Å²) in [5, 5.41) is 5.27. The van der Waals surface area contributed by atoms with Crippen molar-refractivity contribution >= 4 is 11.3 Å². The molecule has 0 amide bonds. The summed E-state index contributed by atoms with van der Waals surface area (Å²) in [7, 11) is 0. The van der Waals surface area contributed by atoms with Gasteiger partial charge in [0.1, 0.15) is 5.82 Å². The molecule has 0 radical (unpaired) electrons. The van der Waals surface area contributed by atoms with E-state index in [0.717, 1.165) is 36.4 Å². The van der Waals surface area contributed by atoms with E-state index in [4.69, 9.17) is 6.42 Å². The zero-order chi connectivity index (χ0) is 13.5. The van der Waals surface area contributed by atoms with Gasteiger partial charge in [0.15, 0.2) is 0 Å². The highest BCUT2D eigenvalue weighted by Crippen LogP contribution is 2.28. The third-order valence-electron chi connectivity index (χ3n) is 2.82. The van der Waals surface area contributed by atoms with E-state index in [1.807, 2.05) is 29.6 Å². The van der Waals surface area contributed by atoms with Crippen molar-refractivity contribution in [3.63, 3.8) is 0 Å². The fourth-order valence-corrected chi connectivity index (χ4v) is 2.60. The van der Waals surface area contributed by atoms with Crippen molar-refractivity contribution in [2.45, 2.75) is 19.4 Å². The predicted molar refractivity (Wildman–Crippen MR) is 79.5 cm³/mol. The molecular formula is C16H16FNS. The van der Waals surface area contributed by atoms with E-state index in [1.165, 1.54) is 6.07 Å². The molecule has 0 bridgehead atoms. The third kappa shape index (κ3) is 3.92. The number of rotatable bonds is 6. The van der Waals surface area contributed by atoms with Gasteiger partial charge in [0.25, 0.3) is 0 Å². The standard InChI is InChI=1S/C16H16FNS/c1-2-3-4-9-18-12-13-7-8-15(17)14(11-13)16-6-5-10-19-16/h1,5-8,10-11,18H,3-4,9,12H2. The fraction of sp³-hybridized carbons (Fsp3) is 0.250. The van der Waals surface area contributed by atoms with Crippen LogP contribution in [-0.4, -0.2) is 6.54 Å². The van der Waals surface area contributed by atoms with Crippen LogP contribution in [0.3, 0.4) is 0 Å². The molecule has 0 aliphatic heterocycles. The van der Waals surface area contributed by atoms with Crippen LogP contribution in [0.25, 0.3) is 10.4 Å². The molecule has 1 aromatic carbocycles. The molecule has 1 heterocycles. The van der Waals surface area contributed by atoms with E-state index < -0.39 is 0 Å². The first-order valence-electron chi connectivity index (χ1n) is 6.28. The second-order valence-corrected chi connectivity index (χ2v) is 5.22. The number of hydrogen-bond acceptors (Lipinski definition) is 2. The zero-order valence-corrected chi connectivity index (χ0v) is 11.5. The summed E-state index contributed by atoms with van der Waals surface area (Å²) in [5.74, 6) is 2.45. The molecule has 0 saturated heterocycles. The van der Waals surface area contributed by atoms with Gasteiger partial charge in [-0.2, -0.15) is 0 Å². The van der Waals surface area contributed by atoms with Gasteiger partial charge < -0.3 is 5.32 Å². The normalized spacial score (nSPS) is 10.3. The van der Waals surface area contributed by atoms with Crippen molar-refractivity contribution in [3.8, 4) is 22.8 Å². The van der Waals surface area contributed by atoms with Crippen LogP contribution in [0.4, 0.5) is 4.39 Å². The van der Waals surface area contributed by atoms with Crippen LogP contribution >= 0.6 is 11.3 Å². The lowest BCUT2D eigenvalue weighted by Gasteiger charge is -2.07. The summed E-state index contributed by atoms with van der Waals surface area (Å²) in [4.78, 5) is 0.965. The Labute approximate surface area is 117 Å². The van der Waals surface area contributed by atoms with E-state index in [1.54, 1.807) is 11.3 Å². The Morgan fingerprint density at radius 3 is 2.95 bits per heavy atom. The molecule has 0 fully saturated rings. The van der Waals surface area contributed by atoms with Gasteiger partial charge in [0.05, 0.1) is 0 Å². The molecule has 3 heteroatoms. The lowest BCUT2D eigenvalue weighted by atomic mass is 10.1. The van der Waals surface area contributed by atoms with Crippen LogP contribution in [0.2, 0.25) is 0 Å². The van der Waals surface area contributed by atoms with Gasteiger partial charge in [-0.1, -0.05) is 12.1 Å². The first-order chi connectivity index (χ1) is 9.31. The zero-order valence-electron chi connectivity index (χ0n) is 10.7. The van der Waals surface area contributed by atoms with Crippen LogP contribution in [0, 0.1) is 18.2 Å². The molecule has 0 atom stereocenters. The van der Waals surface area contributed by atoms with E-state index in [0.29, 0.717) is 5.56 Å². The number of nitrogens with one attached hydrogen (secondary N) is 1. The van der Waals surface area contributed by atoms with Gasteiger partial charge in [-0.05, 0) is 42.1 Å². The van der Waals surface area contributed by atoms with E-state index >= 15 is 0 Å². The number of terminal acetylenes is 1. The largest absolute Gasteiger partial charge is 0.313 e. The maximum Gasteiger partial charge on any atom is 0.131 e. The molecule has 1 N–H and O–H groups in total. The Morgan fingerprint density at radius 1 is 1.32 bits per heavy atom. The van der Waals surface area contributed by atoms with Crippen molar-refractivity contribution in [2.75, 3.05) is 6.54 Å². The molecule has 1 aromatic heterocycles. The van der Waals surface area contributed by atoms with Gasteiger partial charge in [-0.25, -0.2) is 4.39 Å². The summed E-state index contributed by atoms with van der Waals surface area (Å²) in [6, 6.07) is 9.14. The van der Waals surface area contributed by atoms with E-state index in [-0.39, 0.29) is 5.82 Å². The minimum atomic E-state index is -0.168. The lowest BCUT2D eigenvalue weighted by Crippen LogP contribution is -2.14. The summed E-state index contributed by atoms with van der Waals surface area (Å²) in [6.45, 7) is 1.62. The lowest BCUT2D eigenvalue weighted by molar-refractivity contribution is 0.627. The van der Waals surface area contributed by atoms with Crippen molar-refractivity contribution < 1.29 is 4.39 Å². The highest BCUT2D eigenvalue weighted by Gasteiger charge is 2.06. The minimum absolute atomic E-state index is 0.168. The van der Waals surface area contributed by atoms with Gasteiger partial charge in [-0.15, -0.1) is 23.7 Å². The Kier molecular flexibility index (Phi) is 5.14. The van der Waals surface area contributed by atoms with Crippen LogP contribution in [0.5, 0.6) is 0 Å². The average Bonchev–Trinajstić information content (AvgIpc) is 2.94. The minimum Gasteiger partial charge on any atom is -0.313 e. The summed E-state index contributed by atoms with van der Waals surface area (Å²) < 4.78 is 13.8. The van der Waals surface area contributed by atoms with Crippen molar-refractivity contribution in [3.05, 3.63) is 47.1 Å². The maximum absolute atomic E-state index is 13.8. The quantitative estimate of drug-likeness (QED) is 0.618. The SMILES string of the molecule is C#CCCCNCc1ccc(F)c(-c2cccs2)c1. The van der Waals surface area contributed by atoms with Crippen LogP contribution in [0.1, 0.15) is 18.4 Å². The molecule has 0 spiro atoms. The Bertz CT molecular complexity index is 555. The molecule has 19 heavy (non-hydrogen) atoms. The van der Waals surface area contributed by atoms with Gasteiger partial charge in [0, 0.05) is 23.4 Å². The molecule has 2 aromatic rings. The molecular weight excluding hydrogens is 257 g/mol. The second-order valence-electron chi connectivity index (χ2n) is 4.28. The Morgan fingerprint density at radius 2 is 2.21 bits per heavy atom. The average molecular weight is 273 g/mol. The number of unbranched alkanes of at least 4 members (excludes halogenated alkanes) is 1. The number of hydrogen-bond donors (Lipinski definition) is 1. The fourth-order valence-electron chi connectivity index (χ4n) is 1.85. The summed E-state index contributed by atoms with van der Waals surface area (Å²) in [6.07, 6.45) is 6.95. The van der Waals surface area contributed by atoms with Crippen LogP contribution in [0.15, 0.2) is 35.7 Å². The predicted octanol–water partition coefficient (Wildman–Crippen LogP) is 4.06. The first-order valence-corrected chi connectivity index (χ1v) is 7.15. The Balaban J connectivity index is 1.99. The molecule has 0 unspecified atom stereocenters. The third-order valence-corrected chi connectivity index (χ3v) is 3.72. The highest BCUT2D eigenvalue weighted by atomic mass is 32.1. The molecule has 98 valence electrons. The molecule has 0 aliphatic rings. The van der Waals surface area contributed by atoms with Crippen molar-refractivity contribution in [1.82, 2.24) is 5.32 Å². The maximum atomic E-state index is 13.8. The van der Waals surface area contributed by atoms with Gasteiger partial charge in [0.2, 0.25) is 0 Å². The highest BCUT2D eigenvalue weighted by molar-refractivity contribution is 7.13. The molecule has 1 nitrogen and oxygen atoms in total. The van der Waals surface area contributed by atoms with Crippen LogP contribution < -0.4 is 5.32 Å².